The quantitative estimate of drug-likeness (QED) is 0.687. The highest BCUT2D eigenvalue weighted by Gasteiger charge is 2.13. The number of para-hydroxylation sites is 2. The van der Waals surface area contributed by atoms with Crippen molar-refractivity contribution in [3.05, 3.63) is 59.1 Å². The Bertz CT molecular complexity index is 741. The van der Waals surface area contributed by atoms with Gasteiger partial charge in [-0.25, -0.2) is 14.3 Å². The first kappa shape index (κ1) is 10.8. The Kier molecular flexibility index (Phi) is 2.48. The van der Waals surface area contributed by atoms with E-state index in [-0.39, 0.29) is 5.69 Å². The van der Waals surface area contributed by atoms with Gasteiger partial charge in [0.2, 0.25) is 0 Å². The fourth-order valence-corrected chi connectivity index (χ4v) is 2.22. The van der Waals surface area contributed by atoms with Crippen LogP contribution in [0, 0.1) is 0 Å². The van der Waals surface area contributed by atoms with Crippen molar-refractivity contribution in [3.8, 4) is 5.82 Å². The molecule has 0 bridgehead atoms. The van der Waals surface area contributed by atoms with Crippen molar-refractivity contribution >= 4 is 11.0 Å². The molecule has 0 saturated carbocycles. The summed E-state index contributed by atoms with van der Waals surface area (Å²) in [5.74, 6) is 0.658. The molecule has 0 aliphatic rings. The van der Waals surface area contributed by atoms with E-state index in [1.165, 1.54) is 0 Å². The third-order valence-corrected chi connectivity index (χ3v) is 3.03. The predicted molar refractivity (Wildman–Crippen MR) is 71.0 cm³/mol. The largest absolute Gasteiger partial charge is 0.334 e. The first-order valence-corrected chi connectivity index (χ1v) is 5.94. The van der Waals surface area contributed by atoms with Crippen molar-refractivity contribution in [3.63, 3.8) is 0 Å². The molecule has 2 heterocycles. The van der Waals surface area contributed by atoms with Crippen LogP contribution in [0.5, 0.6) is 0 Å². The second-order valence-corrected chi connectivity index (χ2v) is 4.04. The summed E-state index contributed by atoms with van der Waals surface area (Å²) in [5.41, 5.74) is 1.79. The van der Waals surface area contributed by atoms with E-state index in [1.54, 1.807) is 15.3 Å². The lowest BCUT2D eigenvalue weighted by molar-refractivity contribution is 0.730. The van der Waals surface area contributed by atoms with Crippen molar-refractivity contribution in [1.82, 2.24) is 14.1 Å². The Morgan fingerprint density at radius 1 is 1.06 bits per heavy atom. The Balaban J connectivity index is 2.43. The van der Waals surface area contributed by atoms with E-state index in [0.717, 1.165) is 11.0 Å². The molecule has 3 aromatic rings. The van der Waals surface area contributed by atoms with Crippen LogP contribution in [0.25, 0.3) is 16.9 Å². The maximum absolute atomic E-state index is 12.4. The summed E-state index contributed by atoms with van der Waals surface area (Å²) in [6, 6.07) is 13.3. The van der Waals surface area contributed by atoms with Crippen LogP contribution in [-0.2, 0) is 6.54 Å². The van der Waals surface area contributed by atoms with Crippen LogP contribution in [0.1, 0.15) is 6.92 Å². The highest BCUT2D eigenvalue weighted by Crippen LogP contribution is 2.15. The number of imidazole rings is 1. The molecule has 1 aromatic carbocycles. The van der Waals surface area contributed by atoms with Gasteiger partial charge in [-0.1, -0.05) is 18.2 Å². The number of benzene rings is 1. The van der Waals surface area contributed by atoms with Crippen molar-refractivity contribution in [1.29, 1.82) is 0 Å². The fourth-order valence-electron chi connectivity index (χ4n) is 2.22. The summed E-state index contributed by atoms with van der Waals surface area (Å²) in [5, 5.41) is 0. The molecule has 0 radical (unpaired) electrons. The van der Waals surface area contributed by atoms with E-state index in [9.17, 15) is 4.79 Å². The van der Waals surface area contributed by atoms with Gasteiger partial charge >= 0.3 is 5.69 Å². The summed E-state index contributed by atoms with van der Waals surface area (Å²) in [6.07, 6.45) is 1.69. The minimum absolute atomic E-state index is 0.0441. The van der Waals surface area contributed by atoms with Crippen molar-refractivity contribution < 1.29 is 0 Å². The number of aromatic nitrogens is 3. The Labute approximate surface area is 104 Å². The topological polar surface area (TPSA) is 39.8 Å². The van der Waals surface area contributed by atoms with Gasteiger partial charge in [0.05, 0.1) is 11.0 Å². The molecular weight excluding hydrogens is 226 g/mol. The number of aryl methyl sites for hydroxylation is 1. The lowest BCUT2D eigenvalue weighted by Crippen LogP contribution is -2.23. The molecule has 18 heavy (non-hydrogen) atoms. The minimum atomic E-state index is -0.0441. The molecule has 0 unspecified atom stereocenters. The van der Waals surface area contributed by atoms with Gasteiger partial charge in [0.1, 0.15) is 5.82 Å². The Hall–Kier alpha value is -2.36. The normalized spacial score (nSPS) is 10.9. The summed E-state index contributed by atoms with van der Waals surface area (Å²) < 4.78 is 3.41. The highest BCUT2D eigenvalue weighted by molar-refractivity contribution is 5.77. The van der Waals surface area contributed by atoms with Gasteiger partial charge in [-0.2, -0.15) is 0 Å². The molecule has 0 fully saturated rings. The number of pyridine rings is 1. The fraction of sp³-hybridized carbons (Fsp3) is 0.143. The molecule has 0 amide bonds. The molecule has 90 valence electrons. The number of rotatable bonds is 2. The second-order valence-electron chi connectivity index (χ2n) is 4.04. The van der Waals surface area contributed by atoms with Crippen LogP contribution in [-0.4, -0.2) is 14.1 Å². The molecular formula is C14H13N3O. The SMILES string of the molecule is CCn1c(=O)n(-c2ccccn2)c2ccccc21. The number of fused-ring (bicyclic) bond motifs is 1. The molecule has 4 heteroatoms. The highest BCUT2D eigenvalue weighted by atomic mass is 16.1. The van der Waals surface area contributed by atoms with Gasteiger partial charge in [0, 0.05) is 12.7 Å². The molecule has 0 spiro atoms. The summed E-state index contributed by atoms with van der Waals surface area (Å²) >= 11 is 0. The average molecular weight is 239 g/mol. The van der Waals surface area contributed by atoms with Gasteiger partial charge < -0.3 is 0 Å². The zero-order valence-corrected chi connectivity index (χ0v) is 10.1. The van der Waals surface area contributed by atoms with E-state index < -0.39 is 0 Å². The molecule has 3 rings (SSSR count). The second kappa shape index (κ2) is 4.14. The van der Waals surface area contributed by atoms with E-state index in [1.807, 2.05) is 49.4 Å². The molecule has 0 aliphatic carbocycles. The summed E-state index contributed by atoms with van der Waals surface area (Å²) in [6.45, 7) is 2.62. The van der Waals surface area contributed by atoms with Crippen LogP contribution in [0.4, 0.5) is 0 Å². The summed E-state index contributed by atoms with van der Waals surface area (Å²) in [4.78, 5) is 16.7. The lowest BCUT2D eigenvalue weighted by atomic mass is 10.3. The van der Waals surface area contributed by atoms with Gasteiger partial charge in [-0.05, 0) is 31.2 Å². The van der Waals surface area contributed by atoms with Crippen LogP contribution < -0.4 is 5.69 Å². The molecule has 2 aromatic heterocycles. The van der Waals surface area contributed by atoms with Crippen molar-refractivity contribution in [2.75, 3.05) is 0 Å². The van der Waals surface area contributed by atoms with Crippen LogP contribution in [0.15, 0.2) is 53.5 Å². The van der Waals surface area contributed by atoms with E-state index in [0.29, 0.717) is 12.4 Å². The van der Waals surface area contributed by atoms with Gasteiger partial charge in [0.25, 0.3) is 0 Å². The third-order valence-electron chi connectivity index (χ3n) is 3.03. The Morgan fingerprint density at radius 3 is 2.44 bits per heavy atom. The van der Waals surface area contributed by atoms with Crippen molar-refractivity contribution in [2.24, 2.45) is 0 Å². The third kappa shape index (κ3) is 1.46. The summed E-state index contributed by atoms with van der Waals surface area (Å²) in [7, 11) is 0. The van der Waals surface area contributed by atoms with Crippen LogP contribution in [0.3, 0.4) is 0 Å². The van der Waals surface area contributed by atoms with Gasteiger partial charge in [-0.15, -0.1) is 0 Å². The van der Waals surface area contributed by atoms with Gasteiger partial charge in [0.15, 0.2) is 0 Å². The zero-order valence-electron chi connectivity index (χ0n) is 10.1. The lowest BCUT2D eigenvalue weighted by Gasteiger charge is -2.00. The van der Waals surface area contributed by atoms with E-state index in [2.05, 4.69) is 4.98 Å². The molecule has 0 atom stereocenters. The standard InChI is InChI=1S/C14H13N3O/c1-2-16-11-7-3-4-8-12(11)17(14(16)18)13-9-5-6-10-15-13/h3-10H,2H2,1H3. The molecule has 0 aliphatic heterocycles. The predicted octanol–water partition coefficient (Wildman–Crippen LogP) is 2.21. The van der Waals surface area contributed by atoms with Crippen molar-refractivity contribution in [2.45, 2.75) is 13.5 Å². The zero-order chi connectivity index (χ0) is 12.5. The maximum atomic E-state index is 12.4. The number of hydrogen-bond donors (Lipinski definition) is 0. The van der Waals surface area contributed by atoms with E-state index >= 15 is 0 Å². The van der Waals surface area contributed by atoms with Crippen LogP contribution in [0.2, 0.25) is 0 Å². The Morgan fingerprint density at radius 2 is 1.78 bits per heavy atom. The smallest absolute Gasteiger partial charge is 0.292 e. The number of hydrogen-bond acceptors (Lipinski definition) is 2. The maximum Gasteiger partial charge on any atom is 0.334 e. The van der Waals surface area contributed by atoms with Crippen LogP contribution >= 0.6 is 0 Å². The monoisotopic (exact) mass is 239 g/mol. The minimum Gasteiger partial charge on any atom is -0.292 e. The molecule has 0 N–H and O–H groups in total. The molecule has 4 nitrogen and oxygen atoms in total. The van der Waals surface area contributed by atoms with Gasteiger partial charge in [-0.3, -0.25) is 4.57 Å². The average Bonchev–Trinajstić information content (AvgIpc) is 2.71. The van der Waals surface area contributed by atoms with E-state index in [4.69, 9.17) is 0 Å². The first-order chi connectivity index (χ1) is 8.83. The first-order valence-electron chi connectivity index (χ1n) is 5.94. The number of nitrogens with zero attached hydrogens (tertiary/aromatic N) is 3. The molecule has 0 saturated heterocycles.